The van der Waals surface area contributed by atoms with Gasteiger partial charge in [-0.25, -0.2) is 4.79 Å². The summed E-state index contributed by atoms with van der Waals surface area (Å²) in [5, 5.41) is 12.7. The first-order valence-electron chi connectivity index (χ1n) is 9.34. The fourth-order valence-electron chi connectivity index (χ4n) is 3.74. The molecule has 5 nitrogen and oxygen atoms in total. The molecular formula is C22H26N2O3. The molecule has 1 aliphatic rings. The van der Waals surface area contributed by atoms with Crippen LogP contribution in [0.25, 0.3) is 0 Å². The number of piperidine rings is 1. The van der Waals surface area contributed by atoms with Crippen molar-refractivity contribution in [1.29, 1.82) is 0 Å². The van der Waals surface area contributed by atoms with E-state index in [1.807, 2.05) is 61.5 Å². The molecule has 0 saturated carbocycles. The van der Waals surface area contributed by atoms with Crippen LogP contribution in [-0.2, 0) is 22.6 Å². The van der Waals surface area contributed by atoms with Crippen molar-refractivity contribution in [2.75, 3.05) is 13.1 Å². The van der Waals surface area contributed by atoms with E-state index in [4.69, 9.17) is 0 Å². The molecule has 27 heavy (non-hydrogen) atoms. The molecule has 2 aromatic rings. The fraction of sp³-hybridized carbons (Fsp3) is 0.364. The minimum absolute atomic E-state index is 0.195. The number of likely N-dealkylation sites (tertiary alicyclic amines) is 1. The lowest BCUT2D eigenvalue weighted by atomic mass is 9.88. The van der Waals surface area contributed by atoms with Gasteiger partial charge in [-0.2, -0.15) is 0 Å². The first-order chi connectivity index (χ1) is 13.0. The van der Waals surface area contributed by atoms with Gasteiger partial charge in [-0.1, -0.05) is 54.6 Å². The molecule has 5 heteroatoms. The Balaban J connectivity index is 1.70. The molecular weight excluding hydrogens is 340 g/mol. The Hall–Kier alpha value is -2.66. The van der Waals surface area contributed by atoms with Gasteiger partial charge in [-0.3, -0.25) is 9.69 Å². The molecule has 3 rings (SSSR count). The zero-order valence-corrected chi connectivity index (χ0v) is 15.6. The summed E-state index contributed by atoms with van der Waals surface area (Å²) in [7, 11) is 0. The van der Waals surface area contributed by atoms with Gasteiger partial charge in [0, 0.05) is 13.1 Å². The number of benzene rings is 2. The van der Waals surface area contributed by atoms with Crippen LogP contribution in [0.15, 0.2) is 54.6 Å². The number of amides is 1. The normalized spacial score (nSPS) is 20.2. The van der Waals surface area contributed by atoms with Crippen LogP contribution in [0.3, 0.4) is 0 Å². The summed E-state index contributed by atoms with van der Waals surface area (Å²) in [6.45, 7) is 3.79. The molecule has 1 heterocycles. The highest BCUT2D eigenvalue weighted by Gasteiger charge is 2.43. The quantitative estimate of drug-likeness (QED) is 0.825. The van der Waals surface area contributed by atoms with Gasteiger partial charge in [0.2, 0.25) is 5.91 Å². The van der Waals surface area contributed by atoms with Crippen molar-refractivity contribution in [3.63, 3.8) is 0 Å². The highest BCUT2D eigenvalue weighted by Crippen LogP contribution is 2.24. The molecule has 1 fully saturated rings. The number of carbonyl (C=O) groups excluding carboxylic acids is 1. The second kappa shape index (κ2) is 8.35. The lowest BCUT2D eigenvalue weighted by molar-refractivity contribution is -0.150. The van der Waals surface area contributed by atoms with Crippen molar-refractivity contribution in [2.45, 2.75) is 38.3 Å². The Kier molecular flexibility index (Phi) is 5.91. The number of rotatable bonds is 6. The van der Waals surface area contributed by atoms with Gasteiger partial charge in [0.05, 0.1) is 6.42 Å². The molecule has 0 radical (unpaired) electrons. The second-order valence-electron chi connectivity index (χ2n) is 7.34. The van der Waals surface area contributed by atoms with Crippen LogP contribution < -0.4 is 5.32 Å². The molecule has 0 unspecified atom stereocenters. The number of nitrogens with zero attached hydrogens (tertiary/aromatic N) is 1. The lowest BCUT2D eigenvalue weighted by Crippen LogP contribution is -2.63. The average molecular weight is 366 g/mol. The van der Waals surface area contributed by atoms with Crippen LogP contribution in [0.4, 0.5) is 0 Å². The number of nitrogens with one attached hydrogen (secondary N) is 1. The van der Waals surface area contributed by atoms with Gasteiger partial charge < -0.3 is 10.4 Å². The average Bonchev–Trinajstić information content (AvgIpc) is 2.64. The largest absolute Gasteiger partial charge is 0.479 e. The Morgan fingerprint density at radius 3 is 2.52 bits per heavy atom. The monoisotopic (exact) mass is 366 g/mol. The van der Waals surface area contributed by atoms with Gasteiger partial charge in [-0.05, 0) is 43.0 Å². The maximum atomic E-state index is 12.6. The first-order valence-corrected chi connectivity index (χ1v) is 9.34. The van der Waals surface area contributed by atoms with Crippen molar-refractivity contribution in [2.24, 2.45) is 0 Å². The van der Waals surface area contributed by atoms with Crippen LogP contribution >= 0.6 is 0 Å². The lowest BCUT2D eigenvalue weighted by Gasteiger charge is -2.40. The van der Waals surface area contributed by atoms with E-state index in [-0.39, 0.29) is 12.3 Å². The third-order valence-electron chi connectivity index (χ3n) is 5.22. The molecule has 1 saturated heterocycles. The summed E-state index contributed by atoms with van der Waals surface area (Å²) in [6, 6.07) is 17.7. The smallest absolute Gasteiger partial charge is 0.330 e. The molecule has 0 bridgehead atoms. The molecule has 1 amide bonds. The van der Waals surface area contributed by atoms with E-state index in [9.17, 15) is 14.7 Å². The van der Waals surface area contributed by atoms with Gasteiger partial charge in [0.15, 0.2) is 5.54 Å². The third kappa shape index (κ3) is 4.74. The Morgan fingerprint density at radius 1 is 1.11 bits per heavy atom. The summed E-state index contributed by atoms with van der Waals surface area (Å²) in [4.78, 5) is 26.8. The minimum atomic E-state index is -1.23. The number of carboxylic acids is 1. The van der Waals surface area contributed by atoms with E-state index in [1.54, 1.807) is 0 Å². The van der Waals surface area contributed by atoms with E-state index in [0.29, 0.717) is 19.5 Å². The van der Waals surface area contributed by atoms with E-state index in [1.165, 1.54) is 0 Å². The zero-order chi connectivity index (χ0) is 19.3. The molecule has 2 aromatic carbocycles. The molecule has 1 aliphatic heterocycles. The predicted octanol–water partition coefficient (Wildman–Crippen LogP) is 2.77. The van der Waals surface area contributed by atoms with Gasteiger partial charge >= 0.3 is 5.97 Å². The molecule has 0 aliphatic carbocycles. The van der Waals surface area contributed by atoms with Crippen molar-refractivity contribution < 1.29 is 14.7 Å². The number of carboxylic acid groups (broad SMARTS) is 1. The highest BCUT2D eigenvalue weighted by atomic mass is 16.4. The SMILES string of the molecule is Cc1ccccc1CC(=O)N[C@]1(C(=O)O)CCCN(Cc2ccccc2)C1. The van der Waals surface area contributed by atoms with Crippen molar-refractivity contribution >= 4 is 11.9 Å². The molecule has 2 N–H and O–H groups in total. The molecule has 142 valence electrons. The zero-order valence-electron chi connectivity index (χ0n) is 15.6. The third-order valence-corrected chi connectivity index (χ3v) is 5.22. The van der Waals surface area contributed by atoms with Crippen molar-refractivity contribution in [3.8, 4) is 0 Å². The first kappa shape index (κ1) is 19.1. The Morgan fingerprint density at radius 2 is 1.81 bits per heavy atom. The van der Waals surface area contributed by atoms with Crippen molar-refractivity contribution in [3.05, 3.63) is 71.3 Å². The number of hydrogen-bond acceptors (Lipinski definition) is 3. The summed E-state index contributed by atoms with van der Waals surface area (Å²) in [5.41, 5.74) is 1.87. The molecule has 1 atom stereocenters. The van der Waals surface area contributed by atoms with Crippen LogP contribution in [-0.4, -0.2) is 40.5 Å². The van der Waals surface area contributed by atoms with Crippen LogP contribution in [0, 0.1) is 6.92 Å². The van der Waals surface area contributed by atoms with Crippen LogP contribution in [0.5, 0.6) is 0 Å². The number of hydrogen-bond donors (Lipinski definition) is 2. The maximum Gasteiger partial charge on any atom is 0.330 e. The summed E-state index contributed by atoms with van der Waals surface area (Å²) < 4.78 is 0. The van der Waals surface area contributed by atoms with E-state index in [0.717, 1.165) is 29.7 Å². The number of aliphatic carboxylic acids is 1. The Labute approximate surface area is 160 Å². The van der Waals surface area contributed by atoms with Gasteiger partial charge in [0.1, 0.15) is 0 Å². The van der Waals surface area contributed by atoms with Crippen LogP contribution in [0.2, 0.25) is 0 Å². The van der Waals surface area contributed by atoms with Gasteiger partial charge in [0.25, 0.3) is 0 Å². The topological polar surface area (TPSA) is 69.6 Å². The predicted molar refractivity (Wildman–Crippen MR) is 104 cm³/mol. The standard InChI is InChI=1S/C22H26N2O3/c1-17-8-5-6-11-19(17)14-20(25)23-22(21(26)27)12-7-13-24(16-22)15-18-9-3-2-4-10-18/h2-6,8-11H,7,12-16H2,1H3,(H,23,25)(H,26,27)/t22-/m1/s1. The number of carbonyl (C=O) groups is 2. The van der Waals surface area contributed by atoms with E-state index < -0.39 is 11.5 Å². The van der Waals surface area contributed by atoms with Crippen molar-refractivity contribution in [1.82, 2.24) is 10.2 Å². The summed E-state index contributed by atoms with van der Waals surface area (Å²) in [5.74, 6) is -1.20. The molecule has 0 aromatic heterocycles. The van der Waals surface area contributed by atoms with E-state index in [2.05, 4.69) is 10.2 Å². The fourth-order valence-corrected chi connectivity index (χ4v) is 3.74. The highest BCUT2D eigenvalue weighted by molar-refractivity contribution is 5.88. The Bertz CT molecular complexity index is 806. The maximum absolute atomic E-state index is 12.6. The van der Waals surface area contributed by atoms with Gasteiger partial charge in [-0.15, -0.1) is 0 Å². The second-order valence-corrected chi connectivity index (χ2v) is 7.34. The number of aryl methyl sites for hydroxylation is 1. The molecule has 0 spiro atoms. The van der Waals surface area contributed by atoms with Crippen LogP contribution in [0.1, 0.15) is 29.5 Å². The van der Waals surface area contributed by atoms with E-state index >= 15 is 0 Å². The summed E-state index contributed by atoms with van der Waals surface area (Å²) in [6.07, 6.45) is 1.39. The summed E-state index contributed by atoms with van der Waals surface area (Å²) >= 11 is 0. The minimum Gasteiger partial charge on any atom is -0.479 e.